The second kappa shape index (κ2) is 10.1. The molecular weight excluding hydrogens is 460 g/mol. The van der Waals surface area contributed by atoms with Crippen LogP contribution in [0.5, 0.6) is 0 Å². The molecule has 0 spiro atoms. The largest absolute Gasteiger partial charge is 0.348 e. The summed E-state index contributed by atoms with van der Waals surface area (Å²) in [6, 6.07) is 7.61. The molecule has 0 unspecified atom stereocenters. The minimum atomic E-state index is -0.0901. The maximum Gasteiger partial charge on any atom is 0.273 e. The van der Waals surface area contributed by atoms with Gasteiger partial charge in [0.15, 0.2) is 0 Å². The first-order valence-electron chi connectivity index (χ1n) is 10.2. The third-order valence-corrected chi connectivity index (χ3v) is 8.20. The molecule has 6 nitrogen and oxygen atoms in total. The van der Waals surface area contributed by atoms with Crippen LogP contribution in [0.2, 0.25) is 0 Å². The smallest absolute Gasteiger partial charge is 0.273 e. The van der Waals surface area contributed by atoms with Gasteiger partial charge in [-0.05, 0) is 54.7 Å². The van der Waals surface area contributed by atoms with Crippen LogP contribution in [0.15, 0.2) is 45.1 Å². The van der Waals surface area contributed by atoms with Gasteiger partial charge in [-0.2, -0.15) is 0 Å². The first-order valence-corrected chi connectivity index (χ1v) is 13.5. The van der Waals surface area contributed by atoms with Crippen LogP contribution in [-0.2, 0) is 19.5 Å². The van der Waals surface area contributed by atoms with E-state index in [0.717, 1.165) is 32.5 Å². The number of thioether (sulfide) groups is 2. The highest BCUT2D eigenvalue weighted by atomic mass is 32.2. The molecule has 2 aromatic heterocycles. The van der Waals surface area contributed by atoms with Crippen molar-refractivity contribution in [1.82, 2.24) is 20.2 Å². The maximum absolute atomic E-state index is 12.9. The average molecular weight is 485 g/mol. The van der Waals surface area contributed by atoms with E-state index in [1.165, 1.54) is 16.9 Å². The van der Waals surface area contributed by atoms with Gasteiger partial charge < -0.3 is 10.2 Å². The van der Waals surface area contributed by atoms with Crippen molar-refractivity contribution < 1.29 is 9.59 Å². The molecule has 0 saturated carbocycles. The van der Waals surface area contributed by atoms with Gasteiger partial charge in [-0.25, -0.2) is 4.98 Å². The standard InChI is InChI=1S/C23H24N4O2S3/c1-14-18(11-25-21(28)17-6-4-5-7-20(17)30-2)16-8-9-27(12-15(16)10-24-14)22(29)19-13-32-23(26-19)31-3/h4-7,10,13H,8-9,11-12H2,1-3H3,(H,25,28). The predicted octanol–water partition coefficient (Wildman–Crippen LogP) is 4.42. The number of fused-ring (bicyclic) bond motifs is 1. The Morgan fingerprint density at radius 3 is 2.78 bits per heavy atom. The number of nitrogens with zero attached hydrogens (tertiary/aromatic N) is 3. The fourth-order valence-electron chi connectivity index (χ4n) is 3.84. The number of thiazole rings is 1. The summed E-state index contributed by atoms with van der Waals surface area (Å²) >= 11 is 4.60. The van der Waals surface area contributed by atoms with Gasteiger partial charge in [-0.3, -0.25) is 14.6 Å². The van der Waals surface area contributed by atoms with E-state index in [2.05, 4.69) is 15.3 Å². The van der Waals surface area contributed by atoms with Crippen LogP contribution < -0.4 is 5.32 Å². The highest BCUT2D eigenvalue weighted by Gasteiger charge is 2.26. The number of carbonyl (C=O) groups excluding carboxylic acids is 2. The van der Waals surface area contributed by atoms with Crippen molar-refractivity contribution in [3.63, 3.8) is 0 Å². The number of aromatic nitrogens is 2. The summed E-state index contributed by atoms with van der Waals surface area (Å²) < 4.78 is 0.893. The summed E-state index contributed by atoms with van der Waals surface area (Å²) in [5.74, 6) is -0.135. The third-order valence-electron chi connectivity index (χ3n) is 5.54. The molecule has 9 heteroatoms. The summed E-state index contributed by atoms with van der Waals surface area (Å²) in [4.78, 5) is 37.4. The Bertz CT molecular complexity index is 1160. The fraction of sp³-hybridized carbons (Fsp3) is 0.304. The number of pyridine rings is 1. The van der Waals surface area contributed by atoms with Gasteiger partial charge in [0.25, 0.3) is 11.8 Å². The van der Waals surface area contributed by atoms with Gasteiger partial charge in [-0.1, -0.05) is 23.9 Å². The number of amides is 2. The lowest BCUT2D eigenvalue weighted by Gasteiger charge is -2.30. The van der Waals surface area contributed by atoms with E-state index in [9.17, 15) is 9.59 Å². The van der Waals surface area contributed by atoms with Crippen LogP contribution >= 0.6 is 34.9 Å². The van der Waals surface area contributed by atoms with E-state index in [1.54, 1.807) is 23.5 Å². The molecule has 3 aromatic rings. The van der Waals surface area contributed by atoms with Crippen LogP contribution in [0.25, 0.3) is 0 Å². The first-order chi connectivity index (χ1) is 15.5. The Balaban J connectivity index is 1.50. The molecule has 2 amide bonds. The molecule has 0 atom stereocenters. The van der Waals surface area contributed by atoms with E-state index >= 15 is 0 Å². The Morgan fingerprint density at radius 1 is 1.22 bits per heavy atom. The molecule has 32 heavy (non-hydrogen) atoms. The lowest BCUT2D eigenvalue weighted by atomic mass is 9.94. The zero-order chi connectivity index (χ0) is 22.7. The van der Waals surface area contributed by atoms with Gasteiger partial charge in [0.1, 0.15) is 10.0 Å². The summed E-state index contributed by atoms with van der Waals surface area (Å²) in [5.41, 5.74) is 5.35. The van der Waals surface area contributed by atoms with Crippen molar-refractivity contribution in [1.29, 1.82) is 0 Å². The number of carbonyl (C=O) groups is 2. The van der Waals surface area contributed by atoms with Crippen LogP contribution in [-0.4, -0.2) is 45.7 Å². The fourth-order valence-corrected chi connectivity index (χ4v) is 5.67. The highest BCUT2D eigenvalue weighted by Crippen LogP contribution is 2.27. The van der Waals surface area contributed by atoms with Crippen LogP contribution in [0.4, 0.5) is 0 Å². The summed E-state index contributed by atoms with van der Waals surface area (Å²) in [6.45, 7) is 3.51. The number of benzene rings is 1. The van der Waals surface area contributed by atoms with E-state index < -0.39 is 0 Å². The molecule has 4 rings (SSSR count). The second-order valence-electron chi connectivity index (χ2n) is 7.39. The van der Waals surface area contributed by atoms with Gasteiger partial charge in [0.05, 0.1) is 5.56 Å². The summed E-state index contributed by atoms with van der Waals surface area (Å²) in [5, 5.41) is 4.89. The van der Waals surface area contributed by atoms with Gasteiger partial charge >= 0.3 is 0 Å². The second-order valence-corrected chi connectivity index (χ2v) is 10.1. The number of hydrogen-bond acceptors (Lipinski definition) is 7. The minimum absolute atomic E-state index is 0.0451. The molecule has 0 fully saturated rings. The van der Waals surface area contributed by atoms with Crippen LogP contribution in [0, 0.1) is 6.92 Å². The van der Waals surface area contributed by atoms with Crippen molar-refractivity contribution in [2.45, 2.75) is 35.7 Å². The normalized spacial score (nSPS) is 13.0. The van der Waals surface area contributed by atoms with Gasteiger partial charge in [0, 0.05) is 41.8 Å². The summed E-state index contributed by atoms with van der Waals surface area (Å²) in [7, 11) is 0. The minimum Gasteiger partial charge on any atom is -0.348 e. The zero-order valence-corrected chi connectivity index (χ0v) is 20.6. The van der Waals surface area contributed by atoms with Crippen molar-refractivity contribution >= 4 is 46.7 Å². The van der Waals surface area contributed by atoms with E-state index in [-0.39, 0.29) is 11.8 Å². The molecule has 1 aliphatic rings. The van der Waals surface area contributed by atoms with E-state index in [0.29, 0.717) is 30.9 Å². The number of hydrogen-bond donors (Lipinski definition) is 1. The third kappa shape index (κ3) is 4.69. The molecule has 0 radical (unpaired) electrons. The molecule has 0 bridgehead atoms. The van der Waals surface area contributed by atoms with Crippen molar-refractivity contribution in [3.8, 4) is 0 Å². The number of rotatable bonds is 6. The highest BCUT2D eigenvalue weighted by molar-refractivity contribution is 8.00. The zero-order valence-electron chi connectivity index (χ0n) is 18.2. The Hall–Kier alpha value is -2.36. The topological polar surface area (TPSA) is 75.2 Å². The SMILES string of the molecule is CSc1nc(C(=O)N2CCc3c(cnc(C)c3CNC(=O)c3ccccc3SC)C2)cs1. The average Bonchev–Trinajstić information content (AvgIpc) is 3.32. The Kier molecular flexibility index (Phi) is 7.17. The van der Waals surface area contributed by atoms with E-state index in [1.807, 2.05) is 60.2 Å². The summed E-state index contributed by atoms with van der Waals surface area (Å²) in [6.07, 6.45) is 6.51. The molecule has 166 valence electrons. The lowest BCUT2D eigenvalue weighted by Crippen LogP contribution is -2.37. The molecule has 1 N–H and O–H groups in total. The molecule has 0 saturated heterocycles. The van der Waals surface area contributed by atoms with Gasteiger partial charge in [0.2, 0.25) is 0 Å². The number of nitrogens with one attached hydrogen (secondary N) is 1. The predicted molar refractivity (Wildman–Crippen MR) is 131 cm³/mol. The Morgan fingerprint density at radius 2 is 2.03 bits per heavy atom. The van der Waals surface area contributed by atoms with E-state index in [4.69, 9.17) is 0 Å². The van der Waals surface area contributed by atoms with Gasteiger partial charge in [-0.15, -0.1) is 23.1 Å². The monoisotopic (exact) mass is 484 g/mol. The quantitative estimate of drug-likeness (QED) is 0.522. The first kappa shape index (κ1) is 22.8. The molecular formula is C23H24N4O2S3. The number of aryl methyl sites for hydroxylation is 1. The molecule has 1 aromatic carbocycles. The maximum atomic E-state index is 12.9. The molecule has 1 aliphatic heterocycles. The van der Waals surface area contributed by atoms with Crippen molar-refractivity contribution in [3.05, 3.63) is 69.5 Å². The van der Waals surface area contributed by atoms with Crippen LogP contribution in [0.1, 0.15) is 43.2 Å². The van der Waals surface area contributed by atoms with Crippen LogP contribution in [0.3, 0.4) is 0 Å². The Labute approximate surface area is 200 Å². The molecule has 3 heterocycles. The van der Waals surface area contributed by atoms with Crippen molar-refractivity contribution in [2.24, 2.45) is 0 Å². The molecule has 0 aliphatic carbocycles. The van der Waals surface area contributed by atoms with Crippen molar-refractivity contribution in [2.75, 3.05) is 19.1 Å². The lowest BCUT2D eigenvalue weighted by molar-refractivity contribution is 0.0728.